The van der Waals surface area contributed by atoms with Gasteiger partial charge >= 0.3 is 11.7 Å². The van der Waals surface area contributed by atoms with Gasteiger partial charge in [0.2, 0.25) is 5.82 Å². The maximum absolute atomic E-state index is 13.8. The molecular formula is C12H12F2N2O5. The van der Waals surface area contributed by atoms with E-state index in [2.05, 4.69) is 5.32 Å². The molecule has 2 unspecified atom stereocenters. The van der Waals surface area contributed by atoms with Crippen molar-refractivity contribution in [3.8, 4) is 0 Å². The molecule has 0 heterocycles. The number of carbonyl (C=O) groups is 2. The van der Waals surface area contributed by atoms with Crippen LogP contribution in [-0.2, 0) is 4.79 Å². The first-order valence-corrected chi connectivity index (χ1v) is 5.82. The summed E-state index contributed by atoms with van der Waals surface area (Å²) in [5.74, 6) is -6.34. The molecule has 2 N–H and O–H groups in total. The fourth-order valence-electron chi connectivity index (χ4n) is 1.51. The van der Waals surface area contributed by atoms with Crippen LogP contribution in [0.3, 0.4) is 0 Å². The fourth-order valence-corrected chi connectivity index (χ4v) is 1.51. The summed E-state index contributed by atoms with van der Waals surface area (Å²) in [6.07, 6.45) is 0. The standard InChI is InChI=1S/C12H12F2N2O5/c1-5(12(18)19)6(2)15-11(17)9-7(13)3-4-8(10(9)14)16(20)21/h3-6H,1-2H3,(H,15,17)(H,18,19). The van der Waals surface area contributed by atoms with Crippen LogP contribution in [0, 0.1) is 27.7 Å². The van der Waals surface area contributed by atoms with Crippen molar-refractivity contribution in [3.05, 3.63) is 39.4 Å². The number of nitro benzene ring substituents is 1. The minimum atomic E-state index is -1.60. The Bertz CT molecular complexity index is 606. The molecule has 0 spiro atoms. The van der Waals surface area contributed by atoms with Crippen LogP contribution in [-0.4, -0.2) is 27.9 Å². The number of nitrogens with zero attached hydrogens (tertiary/aromatic N) is 1. The number of nitrogens with one attached hydrogen (secondary N) is 1. The molecule has 0 aliphatic carbocycles. The predicted molar refractivity (Wildman–Crippen MR) is 66.7 cm³/mol. The maximum Gasteiger partial charge on any atom is 0.308 e. The Hall–Kier alpha value is -2.58. The van der Waals surface area contributed by atoms with Gasteiger partial charge in [-0.05, 0) is 19.9 Å². The summed E-state index contributed by atoms with van der Waals surface area (Å²) in [5, 5.41) is 21.4. The molecule has 0 radical (unpaired) electrons. The van der Waals surface area contributed by atoms with Gasteiger partial charge in [0.25, 0.3) is 5.91 Å². The second-order valence-electron chi connectivity index (χ2n) is 4.40. The zero-order valence-corrected chi connectivity index (χ0v) is 11.1. The van der Waals surface area contributed by atoms with E-state index in [1.165, 1.54) is 13.8 Å². The van der Waals surface area contributed by atoms with Crippen molar-refractivity contribution in [2.24, 2.45) is 5.92 Å². The lowest BCUT2D eigenvalue weighted by Crippen LogP contribution is -2.40. The number of carboxylic acids is 1. The normalized spacial score (nSPS) is 13.3. The van der Waals surface area contributed by atoms with Gasteiger partial charge in [0.1, 0.15) is 11.4 Å². The number of halogens is 2. The van der Waals surface area contributed by atoms with E-state index in [9.17, 15) is 28.5 Å². The number of benzene rings is 1. The summed E-state index contributed by atoms with van der Waals surface area (Å²) >= 11 is 0. The highest BCUT2D eigenvalue weighted by Crippen LogP contribution is 2.23. The van der Waals surface area contributed by atoms with Crippen molar-refractivity contribution in [1.82, 2.24) is 5.32 Å². The Morgan fingerprint density at radius 1 is 1.33 bits per heavy atom. The van der Waals surface area contributed by atoms with Crippen molar-refractivity contribution < 1.29 is 28.4 Å². The number of amides is 1. The molecule has 0 aliphatic heterocycles. The van der Waals surface area contributed by atoms with Crippen LogP contribution < -0.4 is 5.32 Å². The monoisotopic (exact) mass is 302 g/mol. The number of hydrogen-bond acceptors (Lipinski definition) is 4. The summed E-state index contributed by atoms with van der Waals surface area (Å²) in [4.78, 5) is 32.0. The zero-order chi connectivity index (χ0) is 16.3. The summed E-state index contributed by atoms with van der Waals surface area (Å²) in [6.45, 7) is 2.64. The highest BCUT2D eigenvalue weighted by molar-refractivity contribution is 5.95. The van der Waals surface area contributed by atoms with E-state index in [0.717, 1.165) is 0 Å². The Kier molecular flexibility index (Phi) is 4.90. The quantitative estimate of drug-likeness (QED) is 0.635. The van der Waals surface area contributed by atoms with E-state index >= 15 is 0 Å². The molecule has 2 atom stereocenters. The van der Waals surface area contributed by atoms with Gasteiger partial charge in [-0.25, -0.2) is 4.39 Å². The number of nitro groups is 1. The van der Waals surface area contributed by atoms with E-state index in [1.807, 2.05) is 0 Å². The lowest BCUT2D eigenvalue weighted by atomic mass is 10.0. The average Bonchev–Trinajstić information content (AvgIpc) is 2.36. The molecule has 0 saturated heterocycles. The second-order valence-corrected chi connectivity index (χ2v) is 4.40. The molecule has 0 aromatic heterocycles. The zero-order valence-electron chi connectivity index (χ0n) is 11.1. The number of carboxylic acid groups (broad SMARTS) is 1. The topological polar surface area (TPSA) is 110 Å². The fraction of sp³-hybridized carbons (Fsp3) is 0.333. The second kappa shape index (κ2) is 6.25. The first-order chi connectivity index (χ1) is 9.66. The molecular weight excluding hydrogens is 290 g/mol. The molecule has 1 rings (SSSR count). The third kappa shape index (κ3) is 3.50. The molecule has 9 heteroatoms. The van der Waals surface area contributed by atoms with Crippen LogP contribution in [0.2, 0.25) is 0 Å². The first-order valence-electron chi connectivity index (χ1n) is 5.82. The molecule has 114 valence electrons. The Labute approximate surface area is 117 Å². The lowest BCUT2D eigenvalue weighted by Gasteiger charge is -2.18. The summed E-state index contributed by atoms with van der Waals surface area (Å²) < 4.78 is 27.3. The van der Waals surface area contributed by atoms with Gasteiger partial charge in [-0.3, -0.25) is 19.7 Å². The van der Waals surface area contributed by atoms with E-state index in [1.54, 1.807) is 0 Å². The number of aliphatic carboxylic acids is 1. The molecule has 1 aromatic carbocycles. The maximum atomic E-state index is 13.8. The third-order valence-electron chi connectivity index (χ3n) is 2.99. The van der Waals surface area contributed by atoms with Gasteiger partial charge in [-0.2, -0.15) is 4.39 Å². The van der Waals surface area contributed by atoms with Gasteiger partial charge in [0.15, 0.2) is 0 Å². The third-order valence-corrected chi connectivity index (χ3v) is 2.99. The number of rotatable bonds is 5. The predicted octanol–water partition coefficient (Wildman–Crippen LogP) is 1.71. The van der Waals surface area contributed by atoms with E-state index < -0.39 is 51.6 Å². The van der Waals surface area contributed by atoms with Gasteiger partial charge in [0, 0.05) is 12.1 Å². The smallest absolute Gasteiger partial charge is 0.308 e. The Balaban J connectivity index is 3.11. The number of carbonyl (C=O) groups excluding carboxylic acids is 1. The first kappa shape index (κ1) is 16.5. The minimum Gasteiger partial charge on any atom is -0.481 e. The van der Waals surface area contributed by atoms with Crippen LogP contribution in [0.5, 0.6) is 0 Å². The van der Waals surface area contributed by atoms with Crippen molar-refractivity contribution in [2.75, 3.05) is 0 Å². The SMILES string of the molecule is CC(NC(=O)c1c(F)ccc([N+](=O)[O-])c1F)C(C)C(=O)O. The van der Waals surface area contributed by atoms with Crippen molar-refractivity contribution in [3.63, 3.8) is 0 Å². The molecule has 0 bridgehead atoms. The summed E-state index contributed by atoms with van der Waals surface area (Å²) in [5.41, 5.74) is -2.16. The molecule has 0 aliphatic rings. The molecule has 0 fully saturated rings. The van der Waals surface area contributed by atoms with Crippen LogP contribution in [0.4, 0.5) is 14.5 Å². The summed E-state index contributed by atoms with van der Waals surface area (Å²) in [7, 11) is 0. The highest BCUT2D eigenvalue weighted by Gasteiger charge is 2.28. The van der Waals surface area contributed by atoms with Crippen molar-refractivity contribution >= 4 is 17.6 Å². The molecule has 0 saturated carbocycles. The van der Waals surface area contributed by atoms with Gasteiger partial charge in [-0.15, -0.1) is 0 Å². The molecule has 21 heavy (non-hydrogen) atoms. The van der Waals surface area contributed by atoms with E-state index in [4.69, 9.17) is 5.11 Å². The van der Waals surface area contributed by atoms with Gasteiger partial charge in [-0.1, -0.05) is 0 Å². The van der Waals surface area contributed by atoms with Crippen LogP contribution >= 0.6 is 0 Å². The van der Waals surface area contributed by atoms with E-state index in [-0.39, 0.29) is 0 Å². The van der Waals surface area contributed by atoms with E-state index in [0.29, 0.717) is 12.1 Å². The Morgan fingerprint density at radius 3 is 2.38 bits per heavy atom. The van der Waals surface area contributed by atoms with Crippen molar-refractivity contribution in [1.29, 1.82) is 0 Å². The highest BCUT2D eigenvalue weighted by atomic mass is 19.1. The molecule has 1 aromatic rings. The number of hydrogen-bond donors (Lipinski definition) is 2. The molecule has 7 nitrogen and oxygen atoms in total. The van der Waals surface area contributed by atoms with Crippen LogP contribution in [0.1, 0.15) is 24.2 Å². The lowest BCUT2D eigenvalue weighted by molar-refractivity contribution is -0.387. The summed E-state index contributed by atoms with van der Waals surface area (Å²) in [6, 6.07) is 0.277. The average molecular weight is 302 g/mol. The van der Waals surface area contributed by atoms with Crippen molar-refractivity contribution in [2.45, 2.75) is 19.9 Å². The largest absolute Gasteiger partial charge is 0.481 e. The van der Waals surface area contributed by atoms with Crippen LogP contribution in [0.15, 0.2) is 12.1 Å². The Morgan fingerprint density at radius 2 is 1.90 bits per heavy atom. The van der Waals surface area contributed by atoms with Gasteiger partial charge in [0.05, 0.1) is 10.8 Å². The van der Waals surface area contributed by atoms with Crippen LogP contribution in [0.25, 0.3) is 0 Å². The van der Waals surface area contributed by atoms with Gasteiger partial charge < -0.3 is 10.4 Å². The molecule has 1 amide bonds. The minimum absolute atomic E-state index is 0.599.